The monoisotopic (exact) mass is 759 g/mol. The highest BCUT2D eigenvalue weighted by atomic mass is 16.3. The molecule has 6 aromatic carbocycles. The van der Waals surface area contributed by atoms with E-state index in [2.05, 4.69) is 179 Å². The van der Waals surface area contributed by atoms with Gasteiger partial charge in [-0.15, -0.1) is 0 Å². The second-order valence-electron chi connectivity index (χ2n) is 14.7. The van der Waals surface area contributed by atoms with E-state index in [9.17, 15) is 0 Å². The maximum Gasteiger partial charge on any atom is 0.143 e. The molecular weight excluding hydrogens is 703 g/mol. The van der Waals surface area contributed by atoms with E-state index in [4.69, 9.17) is 4.42 Å². The molecule has 2 nitrogen and oxygen atoms in total. The SMILES string of the molecule is C=Cc1c(/C=C\C)oc2c(-c3ccccc3)cccc12.CC.CC/C=C\C(=C/CC)c1ccc(Nc2cccc(-c3ccc4c(c3)-c3ccccc3C4(C)C)c2)cc1. The summed E-state index contributed by atoms with van der Waals surface area (Å²) in [4.78, 5) is 0. The Bertz CT molecular complexity index is 2560. The number of furan rings is 1. The maximum atomic E-state index is 6.06. The van der Waals surface area contributed by atoms with E-state index in [1.54, 1.807) is 0 Å². The van der Waals surface area contributed by atoms with Crippen molar-refractivity contribution in [1.29, 1.82) is 0 Å². The van der Waals surface area contributed by atoms with E-state index < -0.39 is 0 Å². The van der Waals surface area contributed by atoms with Crippen molar-refractivity contribution in [3.63, 3.8) is 0 Å². The Labute approximate surface area is 347 Å². The fourth-order valence-corrected chi connectivity index (χ4v) is 7.82. The molecule has 1 aliphatic rings. The van der Waals surface area contributed by atoms with Crippen molar-refractivity contribution < 1.29 is 4.42 Å². The van der Waals surface area contributed by atoms with Crippen molar-refractivity contribution in [2.45, 2.75) is 66.7 Å². The van der Waals surface area contributed by atoms with Crippen LogP contribution < -0.4 is 5.32 Å². The first kappa shape index (κ1) is 41.3. The summed E-state index contributed by atoms with van der Waals surface area (Å²) in [7, 11) is 0. The third-order valence-electron chi connectivity index (χ3n) is 10.6. The standard InChI is InChI=1S/C35H35N.C19H16O.C2H6/c1-5-7-12-25(11-6-2)26-17-20-29(21-18-26)36-30-14-10-13-27(23-30)28-19-22-34-32(24-28)31-15-8-9-16-33(31)35(34,3)4;1-3-9-18-15(4-2)17-13-8-12-16(19(17)20-18)14-10-6-5-7-11-14;1-2/h7-24,36H,5-6H2,1-4H3;3-13H,2H2,1H3;1-2H3/b12-7-,25-11+;9-3-;. The van der Waals surface area contributed by atoms with Gasteiger partial charge in [-0.05, 0) is 106 Å². The Morgan fingerprint density at radius 1 is 0.655 bits per heavy atom. The van der Waals surface area contributed by atoms with Gasteiger partial charge in [0.05, 0.1) is 0 Å². The van der Waals surface area contributed by atoms with E-state index in [-0.39, 0.29) is 5.41 Å². The lowest BCUT2D eigenvalue weighted by molar-refractivity contribution is 0.604. The fraction of sp³-hybridized carbons (Fsp3) is 0.179. The number of hydrogen-bond acceptors (Lipinski definition) is 2. The minimum absolute atomic E-state index is 0.0402. The van der Waals surface area contributed by atoms with Gasteiger partial charge in [0.1, 0.15) is 11.3 Å². The number of anilines is 2. The number of allylic oxidation sites excluding steroid dienone is 5. The number of fused-ring (bicyclic) bond motifs is 4. The Morgan fingerprint density at radius 3 is 2.05 bits per heavy atom. The van der Waals surface area contributed by atoms with Gasteiger partial charge in [-0.1, -0.05) is 188 Å². The zero-order valence-electron chi connectivity index (χ0n) is 35.3. The van der Waals surface area contributed by atoms with E-state index in [1.807, 2.05) is 57.2 Å². The molecule has 0 fully saturated rings. The molecule has 0 aliphatic heterocycles. The zero-order valence-corrected chi connectivity index (χ0v) is 35.3. The normalized spacial score (nSPS) is 12.7. The minimum Gasteiger partial charge on any atom is -0.455 e. The van der Waals surface area contributed by atoms with Crippen molar-refractivity contribution in [3.8, 4) is 33.4 Å². The summed E-state index contributed by atoms with van der Waals surface area (Å²) in [5.74, 6) is 0.862. The van der Waals surface area contributed by atoms with E-state index in [0.29, 0.717) is 0 Å². The third-order valence-corrected chi connectivity index (χ3v) is 10.6. The van der Waals surface area contributed by atoms with Crippen LogP contribution in [-0.2, 0) is 5.41 Å². The molecule has 1 N–H and O–H groups in total. The van der Waals surface area contributed by atoms with Crippen LogP contribution >= 0.6 is 0 Å². The third kappa shape index (κ3) is 8.77. The van der Waals surface area contributed by atoms with Gasteiger partial charge in [0.15, 0.2) is 0 Å². The second-order valence-corrected chi connectivity index (χ2v) is 14.7. The van der Waals surface area contributed by atoms with Crippen molar-refractivity contribution in [3.05, 3.63) is 198 Å². The molecule has 0 saturated heterocycles. The first-order valence-corrected chi connectivity index (χ1v) is 20.8. The van der Waals surface area contributed by atoms with Crippen LogP contribution in [0.5, 0.6) is 0 Å². The van der Waals surface area contributed by atoms with Crippen LogP contribution in [0.15, 0.2) is 175 Å². The molecule has 58 heavy (non-hydrogen) atoms. The maximum absolute atomic E-state index is 6.06. The van der Waals surface area contributed by atoms with Gasteiger partial charge >= 0.3 is 0 Å². The Hall–Kier alpha value is -6.38. The molecule has 2 heteroatoms. The van der Waals surface area contributed by atoms with Crippen molar-refractivity contribution >= 4 is 40.1 Å². The number of hydrogen-bond donors (Lipinski definition) is 1. The van der Waals surface area contributed by atoms with E-state index in [1.165, 1.54) is 44.5 Å². The summed E-state index contributed by atoms with van der Waals surface area (Å²) in [6.07, 6.45) is 14.6. The van der Waals surface area contributed by atoms with Crippen LogP contribution in [0.25, 0.3) is 62.1 Å². The summed E-state index contributed by atoms with van der Waals surface area (Å²) in [5.41, 5.74) is 17.0. The zero-order chi connectivity index (χ0) is 41.1. The summed E-state index contributed by atoms with van der Waals surface area (Å²) in [6.45, 7) is 18.9. The van der Waals surface area contributed by atoms with Crippen molar-refractivity contribution in [2.24, 2.45) is 0 Å². The smallest absolute Gasteiger partial charge is 0.143 e. The molecule has 292 valence electrons. The van der Waals surface area contributed by atoms with Crippen molar-refractivity contribution in [1.82, 2.24) is 0 Å². The molecule has 1 heterocycles. The van der Waals surface area contributed by atoms with Gasteiger partial charge in [0.2, 0.25) is 0 Å². The van der Waals surface area contributed by atoms with Gasteiger partial charge in [0, 0.05) is 33.3 Å². The summed E-state index contributed by atoms with van der Waals surface area (Å²) in [5, 5.41) is 4.70. The molecule has 1 aliphatic carbocycles. The molecule has 0 bridgehead atoms. The summed E-state index contributed by atoms with van der Waals surface area (Å²) < 4.78 is 6.06. The lowest BCUT2D eigenvalue weighted by Crippen LogP contribution is -2.14. The fourth-order valence-electron chi connectivity index (χ4n) is 7.82. The van der Waals surface area contributed by atoms with E-state index >= 15 is 0 Å². The minimum atomic E-state index is 0.0402. The van der Waals surface area contributed by atoms with Gasteiger partial charge in [-0.25, -0.2) is 0 Å². The summed E-state index contributed by atoms with van der Waals surface area (Å²) in [6, 6.07) is 49.7. The van der Waals surface area contributed by atoms with Crippen LogP contribution in [-0.4, -0.2) is 0 Å². The average molecular weight is 760 g/mol. The molecule has 0 unspecified atom stereocenters. The van der Waals surface area contributed by atoms with Crippen molar-refractivity contribution in [2.75, 3.05) is 5.32 Å². The van der Waals surface area contributed by atoms with Gasteiger partial charge < -0.3 is 9.73 Å². The quantitative estimate of drug-likeness (QED) is 0.141. The first-order chi connectivity index (χ1) is 28.4. The highest BCUT2D eigenvalue weighted by Crippen LogP contribution is 2.49. The average Bonchev–Trinajstić information content (AvgIpc) is 3.74. The largest absolute Gasteiger partial charge is 0.455 e. The summed E-state index contributed by atoms with van der Waals surface area (Å²) >= 11 is 0. The Morgan fingerprint density at radius 2 is 1.33 bits per heavy atom. The van der Waals surface area contributed by atoms with Gasteiger partial charge in [-0.2, -0.15) is 0 Å². The van der Waals surface area contributed by atoms with Gasteiger partial charge in [0.25, 0.3) is 0 Å². The first-order valence-electron chi connectivity index (χ1n) is 20.8. The molecule has 0 saturated carbocycles. The molecule has 0 radical (unpaired) electrons. The number of nitrogens with one attached hydrogen (secondary N) is 1. The molecule has 0 amide bonds. The molecule has 7 aromatic rings. The van der Waals surface area contributed by atoms with Crippen LogP contribution in [0, 0.1) is 0 Å². The van der Waals surface area contributed by atoms with Gasteiger partial charge in [-0.3, -0.25) is 0 Å². The van der Waals surface area contributed by atoms with Crippen LogP contribution in [0.2, 0.25) is 0 Å². The Kier molecular flexibility index (Phi) is 13.6. The number of para-hydroxylation sites is 1. The lowest BCUT2D eigenvalue weighted by Gasteiger charge is -2.21. The lowest BCUT2D eigenvalue weighted by atomic mass is 9.82. The molecule has 8 rings (SSSR count). The highest BCUT2D eigenvalue weighted by molar-refractivity contribution is 5.99. The predicted molar refractivity (Wildman–Crippen MR) is 255 cm³/mol. The highest BCUT2D eigenvalue weighted by Gasteiger charge is 2.35. The molecule has 0 spiro atoms. The number of rotatable bonds is 10. The molecule has 1 aromatic heterocycles. The topological polar surface area (TPSA) is 25.2 Å². The Balaban J connectivity index is 0.000000217. The van der Waals surface area contributed by atoms with Crippen LogP contribution in [0.4, 0.5) is 11.4 Å². The van der Waals surface area contributed by atoms with Crippen LogP contribution in [0.1, 0.15) is 89.3 Å². The van der Waals surface area contributed by atoms with Crippen LogP contribution in [0.3, 0.4) is 0 Å². The molecular formula is C56H57NO. The van der Waals surface area contributed by atoms with E-state index in [0.717, 1.165) is 57.6 Å². The number of benzene rings is 6. The predicted octanol–water partition coefficient (Wildman–Crippen LogP) is 17.0. The molecule has 0 atom stereocenters. The second kappa shape index (κ2) is 19.2.